The molecule has 0 aliphatic heterocycles. The van der Waals surface area contributed by atoms with Gasteiger partial charge in [-0.25, -0.2) is 13.6 Å². The number of carbonyl (C=O) groups excluding carboxylic acids is 1. The molecular formula is C15H12F2N2O3. The van der Waals surface area contributed by atoms with Gasteiger partial charge in [-0.3, -0.25) is 9.78 Å². The first-order valence-corrected chi connectivity index (χ1v) is 6.33. The minimum Gasteiger partial charge on any atom is -0.479 e. The monoisotopic (exact) mass is 306 g/mol. The number of aliphatic carboxylic acids is 1. The molecule has 0 radical (unpaired) electrons. The van der Waals surface area contributed by atoms with Crippen LogP contribution in [0.25, 0.3) is 0 Å². The number of carboxylic acids is 1. The van der Waals surface area contributed by atoms with Crippen LogP contribution in [0.5, 0.6) is 0 Å². The Balaban J connectivity index is 2.10. The van der Waals surface area contributed by atoms with Crippen molar-refractivity contribution in [3.63, 3.8) is 0 Å². The fourth-order valence-electron chi connectivity index (χ4n) is 1.94. The number of pyridine rings is 1. The lowest BCUT2D eigenvalue weighted by molar-refractivity contribution is -0.142. The van der Waals surface area contributed by atoms with E-state index in [0.717, 1.165) is 12.1 Å². The second kappa shape index (κ2) is 6.75. The summed E-state index contributed by atoms with van der Waals surface area (Å²) < 4.78 is 26.1. The average molecular weight is 306 g/mol. The molecule has 7 heteroatoms. The van der Waals surface area contributed by atoms with Gasteiger partial charge < -0.3 is 10.4 Å². The van der Waals surface area contributed by atoms with Gasteiger partial charge in [0.2, 0.25) is 5.91 Å². The smallest absolute Gasteiger partial charge is 0.330 e. The summed E-state index contributed by atoms with van der Waals surface area (Å²) >= 11 is 0. The zero-order valence-electron chi connectivity index (χ0n) is 11.3. The second-order valence-electron chi connectivity index (χ2n) is 4.58. The molecule has 0 aliphatic rings. The molecule has 1 amide bonds. The Morgan fingerprint density at radius 1 is 1.23 bits per heavy atom. The van der Waals surface area contributed by atoms with E-state index in [4.69, 9.17) is 5.11 Å². The van der Waals surface area contributed by atoms with Crippen LogP contribution in [0.15, 0.2) is 42.7 Å². The molecule has 2 rings (SSSR count). The van der Waals surface area contributed by atoms with Gasteiger partial charge in [0.1, 0.15) is 11.6 Å². The van der Waals surface area contributed by atoms with Crippen LogP contribution >= 0.6 is 0 Å². The van der Waals surface area contributed by atoms with Crippen molar-refractivity contribution in [2.45, 2.75) is 12.5 Å². The van der Waals surface area contributed by atoms with Gasteiger partial charge in [0.25, 0.3) is 0 Å². The van der Waals surface area contributed by atoms with Crippen molar-refractivity contribution in [2.24, 2.45) is 0 Å². The Morgan fingerprint density at radius 2 is 1.91 bits per heavy atom. The van der Waals surface area contributed by atoms with Gasteiger partial charge in [0, 0.05) is 24.0 Å². The standard InChI is InChI=1S/C15H12F2N2O3/c16-11-4-9(5-12(17)7-11)6-13(20)19-14(15(21)22)10-2-1-3-18-8-10/h1-5,7-8,14H,6H2,(H,19,20)(H,21,22)/t14-/m0/s1. The fourth-order valence-corrected chi connectivity index (χ4v) is 1.94. The van der Waals surface area contributed by atoms with E-state index in [9.17, 15) is 18.4 Å². The largest absolute Gasteiger partial charge is 0.479 e. The summed E-state index contributed by atoms with van der Waals surface area (Å²) in [4.78, 5) is 26.9. The summed E-state index contributed by atoms with van der Waals surface area (Å²) in [6, 6.07) is 4.50. The highest BCUT2D eigenvalue weighted by Gasteiger charge is 2.22. The highest BCUT2D eigenvalue weighted by molar-refractivity contribution is 5.85. The molecule has 1 atom stereocenters. The molecule has 0 aliphatic carbocycles. The molecule has 5 nitrogen and oxygen atoms in total. The minimum atomic E-state index is -1.28. The average Bonchev–Trinajstić information content (AvgIpc) is 2.44. The van der Waals surface area contributed by atoms with E-state index in [0.29, 0.717) is 11.6 Å². The second-order valence-corrected chi connectivity index (χ2v) is 4.58. The summed E-state index contributed by atoms with van der Waals surface area (Å²) in [5.74, 6) is -3.53. The third-order valence-corrected chi connectivity index (χ3v) is 2.86. The zero-order chi connectivity index (χ0) is 16.1. The summed E-state index contributed by atoms with van der Waals surface area (Å²) in [7, 11) is 0. The van der Waals surface area contributed by atoms with Crippen molar-refractivity contribution in [3.05, 3.63) is 65.5 Å². The van der Waals surface area contributed by atoms with Crippen molar-refractivity contribution in [3.8, 4) is 0 Å². The number of benzene rings is 1. The lowest BCUT2D eigenvalue weighted by atomic mass is 10.1. The van der Waals surface area contributed by atoms with Crippen molar-refractivity contribution in [1.29, 1.82) is 0 Å². The molecule has 1 aromatic carbocycles. The zero-order valence-corrected chi connectivity index (χ0v) is 11.3. The minimum absolute atomic E-state index is 0.116. The maximum Gasteiger partial charge on any atom is 0.330 e. The fraction of sp³-hybridized carbons (Fsp3) is 0.133. The van der Waals surface area contributed by atoms with Crippen molar-refractivity contribution < 1.29 is 23.5 Å². The van der Waals surface area contributed by atoms with Crippen LogP contribution in [0.1, 0.15) is 17.2 Å². The third-order valence-electron chi connectivity index (χ3n) is 2.86. The molecule has 0 saturated heterocycles. The Labute approximate surface area is 124 Å². The number of amides is 1. The first-order chi connectivity index (χ1) is 10.5. The van der Waals surface area contributed by atoms with Crippen LogP contribution in [-0.4, -0.2) is 22.0 Å². The van der Waals surface area contributed by atoms with Gasteiger partial charge in [-0.1, -0.05) is 6.07 Å². The maximum atomic E-state index is 13.1. The Kier molecular flexibility index (Phi) is 4.77. The highest BCUT2D eigenvalue weighted by atomic mass is 19.1. The highest BCUT2D eigenvalue weighted by Crippen LogP contribution is 2.13. The normalized spacial score (nSPS) is 11.7. The summed E-state index contributed by atoms with van der Waals surface area (Å²) in [5, 5.41) is 11.5. The number of carboxylic acid groups (broad SMARTS) is 1. The molecule has 1 aromatic heterocycles. The van der Waals surface area contributed by atoms with E-state index in [1.807, 2.05) is 0 Å². The number of hydrogen-bond donors (Lipinski definition) is 2. The van der Waals surface area contributed by atoms with Gasteiger partial charge in [0.15, 0.2) is 6.04 Å². The molecule has 114 valence electrons. The molecule has 2 N–H and O–H groups in total. The van der Waals surface area contributed by atoms with Gasteiger partial charge in [-0.05, 0) is 23.8 Å². The van der Waals surface area contributed by atoms with Crippen molar-refractivity contribution >= 4 is 11.9 Å². The predicted molar refractivity (Wildman–Crippen MR) is 72.8 cm³/mol. The number of hydrogen-bond acceptors (Lipinski definition) is 3. The number of nitrogens with one attached hydrogen (secondary N) is 1. The van der Waals surface area contributed by atoms with E-state index in [2.05, 4.69) is 10.3 Å². The quantitative estimate of drug-likeness (QED) is 0.883. The van der Waals surface area contributed by atoms with E-state index in [-0.39, 0.29) is 12.0 Å². The topological polar surface area (TPSA) is 79.3 Å². The van der Waals surface area contributed by atoms with E-state index < -0.39 is 29.6 Å². The summed E-state index contributed by atoms with van der Waals surface area (Å²) in [6.07, 6.45) is 2.46. The molecule has 0 fully saturated rings. The SMILES string of the molecule is O=C(Cc1cc(F)cc(F)c1)N[C@H](C(=O)O)c1cccnc1. The number of rotatable bonds is 5. The van der Waals surface area contributed by atoms with Crippen molar-refractivity contribution in [2.75, 3.05) is 0 Å². The van der Waals surface area contributed by atoms with Crippen LogP contribution in [0.2, 0.25) is 0 Å². The number of carbonyl (C=O) groups is 2. The maximum absolute atomic E-state index is 13.1. The lowest BCUT2D eigenvalue weighted by Crippen LogP contribution is -2.34. The predicted octanol–water partition coefficient (Wildman–Crippen LogP) is 1.84. The van der Waals surface area contributed by atoms with Gasteiger partial charge >= 0.3 is 5.97 Å². The molecule has 22 heavy (non-hydrogen) atoms. The number of aromatic nitrogens is 1. The van der Waals surface area contributed by atoms with E-state index in [1.165, 1.54) is 18.5 Å². The first kappa shape index (κ1) is 15.6. The van der Waals surface area contributed by atoms with Crippen LogP contribution in [0, 0.1) is 11.6 Å². The summed E-state index contributed by atoms with van der Waals surface area (Å²) in [6.45, 7) is 0. The number of nitrogens with zero attached hydrogens (tertiary/aromatic N) is 1. The molecule has 2 aromatic rings. The molecule has 0 unspecified atom stereocenters. The molecule has 0 bridgehead atoms. The Morgan fingerprint density at radius 3 is 2.45 bits per heavy atom. The molecule has 0 saturated carbocycles. The molecule has 1 heterocycles. The van der Waals surface area contributed by atoms with Crippen LogP contribution < -0.4 is 5.32 Å². The Hall–Kier alpha value is -2.83. The van der Waals surface area contributed by atoms with Gasteiger partial charge in [-0.2, -0.15) is 0 Å². The number of halogens is 2. The first-order valence-electron chi connectivity index (χ1n) is 6.33. The summed E-state index contributed by atoms with van der Waals surface area (Å²) in [5.41, 5.74) is 0.416. The van der Waals surface area contributed by atoms with Crippen LogP contribution in [0.4, 0.5) is 8.78 Å². The molecular weight excluding hydrogens is 294 g/mol. The third kappa shape index (κ3) is 4.08. The van der Waals surface area contributed by atoms with Gasteiger partial charge in [-0.15, -0.1) is 0 Å². The van der Waals surface area contributed by atoms with E-state index >= 15 is 0 Å². The van der Waals surface area contributed by atoms with Crippen LogP contribution in [-0.2, 0) is 16.0 Å². The van der Waals surface area contributed by atoms with E-state index in [1.54, 1.807) is 6.07 Å². The van der Waals surface area contributed by atoms with Crippen molar-refractivity contribution in [1.82, 2.24) is 10.3 Å². The van der Waals surface area contributed by atoms with Gasteiger partial charge in [0.05, 0.1) is 6.42 Å². The lowest BCUT2D eigenvalue weighted by Gasteiger charge is -2.14. The Bertz CT molecular complexity index is 672. The van der Waals surface area contributed by atoms with Crippen LogP contribution in [0.3, 0.4) is 0 Å². The molecule has 0 spiro atoms.